The van der Waals surface area contributed by atoms with Crippen LogP contribution >= 0.6 is 11.6 Å². The molecule has 2 N–H and O–H groups in total. The minimum atomic E-state index is -0.364. The number of aromatic nitrogens is 1. The van der Waals surface area contributed by atoms with E-state index in [-0.39, 0.29) is 11.3 Å². The van der Waals surface area contributed by atoms with Crippen LogP contribution in [0, 0.1) is 5.41 Å². The molecule has 0 saturated heterocycles. The standard InChI is InChI=1S/C16H20ClN3O/c1-16(2,3)15(21)20-9-8-19-14-6-7-18-13-5-4-11(17)10-12(13)14/h4-7,10H,8-9H2,1-3H3,(H,18,19)(H,20,21). The summed E-state index contributed by atoms with van der Waals surface area (Å²) in [5.41, 5.74) is 1.49. The molecule has 4 nitrogen and oxygen atoms in total. The lowest BCUT2D eigenvalue weighted by Crippen LogP contribution is -2.37. The number of pyridine rings is 1. The quantitative estimate of drug-likeness (QED) is 0.851. The van der Waals surface area contributed by atoms with Crippen LogP contribution in [-0.4, -0.2) is 24.0 Å². The molecule has 1 aromatic carbocycles. The number of nitrogens with zero attached hydrogens (tertiary/aromatic N) is 1. The zero-order valence-corrected chi connectivity index (χ0v) is 13.3. The van der Waals surface area contributed by atoms with E-state index >= 15 is 0 Å². The Morgan fingerprint density at radius 2 is 2.00 bits per heavy atom. The Balaban J connectivity index is 1.98. The van der Waals surface area contributed by atoms with E-state index in [2.05, 4.69) is 15.6 Å². The Morgan fingerprint density at radius 3 is 2.71 bits per heavy atom. The Bertz CT molecular complexity index is 650. The predicted octanol–water partition coefficient (Wildman–Crippen LogP) is 3.46. The van der Waals surface area contributed by atoms with E-state index in [1.54, 1.807) is 6.20 Å². The number of hydrogen-bond donors (Lipinski definition) is 2. The highest BCUT2D eigenvalue weighted by Crippen LogP contribution is 2.24. The van der Waals surface area contributed by atoms with Gasteiger partial charge in [0.25, 0.3) is 0 Å². The minimum absolute atomic E-state index is 0.0481. The van der Waals surface area contributed by atoms with Gasteiger partial charge in [-0.25, -0.2) is 0 Å². The zero-order valence-electron chi connectivity index (χ0n) is 12.5. The molecule has 1 heterocycles. The molecule has 0 aliphatic heterocycles. The molecule has 0 spiro atoms. The molecule has 0 radical (unpaired) electrons. The second-order valence-corrected chi connectivity index (χ2v) is 6.39. The van der Waals surface area contributed by atoms with Crippen LogP contribution in [0.2, 0.25) is 5.02 Å². The van der Waals surface area contributed by atoms with Crippen molar-refractivity contribution in [3.05, 3.63) is 35.5 Å². The van der Waals surface area contributed by atoms with Gasteiger partial charge in [-0.2, -0.15) is 0 Å². The second-order valence-electron chi connectivity index (χ2n) is 5.95. The van der Waals surface area contributed by atoms with E-state index < -0.39 is 0 Å². The predicted molar refractivity (Wildman–Crippen MR) is 87.7 cm³/mol. The van der Waals surface area contributed by atoms with Gasteiger partial charge < -0.3 is 10.6 Å². The van der Waals surface area contributed by atoms with Crippen molar-refractivity contribution in [2.45, 2.75) is 20.8 Å². The van der Waals surface area contributed by atoms with Crippen LogP contribution in [0.15, 0.2) is 30.5 Å². The normalized spacial score (nSPS) is 11.4. The third-order valence-electron chi connectivity index (χ3n) is 3.11. The highest BCUT2D eigenvalue weighted by Gasteiger charge is 2.20. The van der Waals surface area contributed by atoms with E-state index in [1.807, 2.05) is 45.0 Å². The van der Waals surface area contributed by atoms with Gasteiger partial charge in [0.2, 0.25) is 5.91 Å². The highest BCUT2D eigenvalue weighted by atomic mass is 35.5. The van der Waals surface area contributed by atoms with Gasteiger partial charge in [-0.05, 0) is 24.3 Å². The van der Waals surface area contributed by atoms with Crippen LogP contribution < -0.4 is 10.6 Å². The molecule has 0 unspecified atom stereocenters. The van der Waals surface area contributed by atoms with Gasteiger partial charge in [-0.15, -0.1) is 0 Å². The maximum atomic E-state index is 11.8. The van der Waals surface area contributed by atoms with Crippen LogP contribution in [0.1, 0.15) is 20.8 Å². The smallest absolute Gasteiger partial charge is 0.225 e. The summed E-state index contributed by atoms with van der Waals surface area (Å²) in [7, 11) is 0. The molecule has 0 fully saturated rings. The number of amides is 1. The summed E-state index contributed by atoms with van der Waals surface area (Å²) in [4.78, 5) is 16.1. The number of benzene rings is 1. The fourth-order valence-electron chi connectivity index (χ4n) is 1.91. The number of hydrogen-bond acceptors (Lipinski definition) is 3. The summed E-state index contributed by atoms with van der Waals surface area (Å²) in [6, 6.07) is 7.51. The average Bonchev–Trinajstić information content (AvgIpc) is 2.42. The summed E-state index contributed by atoms with van der Waals surface area (Å²) in [5.74, 6) is 0.0481. The summed E-state index contributed by atoms with van der Waals surface area (Å²) < 4.78 is 0. The number of rotatable bonds is 4. The highest BCUT2D eigenvalue weighted by molar-refractivity contribution is 6.31. The lowest BCUT2D eigenvalue weighted by Gasteiger charge is -2.18. The van der Waals surface area contributed by atoms with E-state index in [0.29, 0.717) is 18.1 Å². The fraction of sp³-hybridized carbons (Fsp3) is 0.375. The van der Waals surface area contributed by atoms with Gasteiger partial charge in [0.05, 0.1) is 5.52 Å². The molecule has 1 amide bonds. The lowest BCUT2D eigenvalue weighted by molar-refractivity contribution is -0.128. The third kappa shape index (κ3) is 4.08. The van der Waals surface area contributed by atoms with E-state index in [9.17, 15) is 4.79 Å². The van der Waals surface area contributed by atoms with Crippen molar-refractivity contribution in [3.8, 4) is 0 Å². The Morgan fingerprint density at radius 1 is 1.24 bits per heavy atom. The average molecular weight is 306 g/mol. The lowest BCUT2D eigenvalue weighted by atomic mass is 9.96. The van der Waals surface area contributed by atoms with Crippen molar-refractivity contribution in [2.24, 2.45) is 5.41 Å². The maximum absolute atomic E-state index is 11.8. The molecule has 0 aliphatic carbocycles. The monoisotopic (exact) mass is 305 g/mol. The largest absolute Gasteiger partial charge is 0.383 e. The SMILES string of the molecule is CC(C)(C)C(=O)NCCNc1ccnc2ccc(Cl)cc12. The number of carbonyl (C=O) groups excluding carboxylic acids is 1. The van der Waals surface area contributed by atoms with E-state index in [0.717, 1.165) is 16.6 Å². The van der Waals surface area contributed by atoms with Gasteiger partial charge in [-0.1, -0.05) is 32.4 Å². The van der Waals surface area contributed by atoms with Crippen molar-refractivity contribution in [1.29, 1.82) is 0 Å². The number of halogens is 1. The topological polar surface area (TPSA) is 54.0 Å². The summed E-state index contributed by atoms with van der Waals surface area (Å²) >= 11 is 6.03. The molecular weight excluding hydrogens is 286 g/mol. The molecule has 112 valence electrons. The Labute approximate surface area is 129 Å². The summed E-state index contributed by atoms with van der Waals surface area (Å²) in [5, 5.41) is 7.88. The van der Waals surface area contributed by atoms with Gasteiger partial charge in [0.1, 0.15) is 0 Å². The Kier molecular flexibility index (Phi) is 4.68. The van der Waals surface area contributed by atoms with Gasteiger partial charge in [0.15, 0.2) is 0 Å². The molecule has 2 aromatic rings. The fourth-order valence-corrected chi connectivity index (χ4v) is 2.08. The maximum Gasteiger partial charge on any atom is 0.225 e. The first-order valence-electron chi connectivity index (χ1n) is 6.94. The van der Waals surface area contributed by atoms with Gasteiger partial charge >= 0.3 is 0 Å². The summed E-state index contributed by atoms with van der Waals surface area (Å²) in [6.45, 7) is 6.91. The van der Waals surface area contributed by atoms with Crippen molar-refractivity contribution in [1.82, 2.24) is 10.3 Å². The van der Waals surface area contributed by atoms with Crippen LogP contribution in [0.5, 0.6) is 0 Å². The van der Waals surface area contributed by atoms with E-state index in [1.165, 1.54) is 0 Å². The number of fused-ring (bicyclic) bond motifs is 1. The van der Waals surface area contributed by atoms with Gasteiger partial charge in [0, 0.05) is 40.8 Å². The van der Waals surface area contributed by atoms with Crippen molar-refractivity contribution >= 4 is 34.1 Å². The first-order valence-corrected chi connectivity index (χ1v) is 7.32. The molecule has 2 rings (SSSR count). The molecule has 21 heavy (non-hydrogen) atoms. The molecule has 0 saturated carbocycles. The first-order chi connectivity index (χ1) is 9.88. The van der Waals surface area contributed by atoms with E-state index in [4.69, 9.17) is 11.6 Å². The molecule has 5 heteroatoms. The molecule has 0 bridgehead atoms. The number of carbonyl (C=O) groups is 1. The third-order valence-corrected chi connectivity index (χ3v) is 3.35. The molecule has 1 aromatic heterocycles. The van der Waals surface area contributed by atoms with Crippen molar-refractivity contribution in [2.75, 3.05) is 18.4 Å². The number of anilines is 1. The second kappa shape index (κ2) is 6.31. The molecule has 0 aliphatic rings. The summed E-state index contributed by atoms with van der Waals surface area (Å²) in [6.07, 6.45) is 1.76. The van der Waals surface area contributed by atoms with Gasteiger partial charge in [-0.3, -0.25) is 9.78 Å². The first kappa shape index (κ1) is 15.6. The van der Waals surface area contributed by atoms with Crippen LogP contribution in [0.25, 0.3) is 10.9 Å². The zero-order chi connectivity index (χ0) is 15.5. The van der Waals surface area contributed by atoms with Crippen LogP contribution in [0.3, 0.4) is 0 Å². The number of nitrogens with one attached hydrogen (secondary N) is 2. The van der Waals surface area contributed by atoms with Crippen LogP contribution in [0.4, 0.5) is 5.69 Å². The van der Waals surface area contributed by atoms with Crippen LogP contribution in [-0.2, 0) is 4.79 Å². The van der Waals surface area contributed by atoms with Crippen molar-refractivity contribution < 1.29 is 4.79 Å². The Hall–Kier alpha value is -1.81. The molecular formula is C16H20ClN3O. The molecule has 0 atom stereocenters. The minimum Gasteiger partial charge on any atom is -0.383 e. The van der Waals surface area contributed by atoms with Crippen molar-refractivity contribution in [3.63, 3.8) is 0 Å².